The molecule has 1 aliphatic rings. The zero-order valence-electron chi connectivity index (χ0n) is 5.99. The van der Waals surface area contributed by atoms with Gasteiger partial charge < -0.3 is 4.89 Å². The summed E-state index contributed by atoms with van der Waals surface area (Å²) < 4.78 is 54.3. The summed E-state index contributed by atoms with van der Waals surface area (Å²) in [6.07, 6.45) is -4.56. The van der Waals surface area contributed by atoms with Crippen LogP contribution in [0, 0.1) is 12.3 Å². The van der Waals surface area contributed by atoms with Gasteiger partial charge in [-0.1, -0.05) is 5.92 Å². The molecule has 3 atom stereocenters. The maximum Gasteiger partial charge on any atom is 0.474 e. The van der Waals surface area contributed by atoms with Crippen LogP contribution in [0.5, 0.6) is 0 Å². The van der Waals surface area contributed by atoms with Gasteiger partial charge in [-0.15, -0.1) is 6.42 Å². The number of hydrogen-bond acceptors (Lipinski definition) is 3. The first-order valence-corrected chi connectivity index (χ1v) is 4.48. The van der Waals surface area contributed by atoms with Crippen molar-refractivity contribution in [2.45, 2.75) is 18.4 Å². The normalized spacial score (nSPS) is 40.2. The molecular formula is C5H4F3O4P. The number of phosphoric acid groups is 1. The first-order valence-electron chi connectivity index (χ1n) is 2.99. The van der Waals surface area contributed by atoms with Crippen LogP contribution < -0.4 is 0 Å². The molecule has 0 aliphatic carbocycles. The second kappa shape index (κ2) is 3.00. The third kappa shape index (κ3) is 2.23. The highest BCUT2D eigenvalue weighted by atomic mass is 31.2. The predicted octanol–water partition coefficient (Wildman–Crippen LogP) is 1.07. The number of phosphoric ester groups is 1. The number of halogens is 3. The first-order chi connectivity index (χ1) is 5.76. The third-order valence-corrected chi connectivity index (χ3v) is 2.24. The van der Waals surface area contributed by atoms with E-state index in [0.29, 0.717) is 0 Å². The molecule has 0 aromatic carbocycles. The van der Waals surface area contributed by atoms with Crippen LogP contribution in [-0.2, 0) is 13.6 Å². The van der Waals surface area contributed by atoms with Crippen molar-refractivity contribution in [2.24, 2.45) is 0 Å². The summed E-state index contributed by atoms with van der Waals surface area (Å²) >= 11 is 0. The lowest BCUT2D eigenvalue weighted by Gasteiger charge is -2.13. The fourth-order valence-corrected chi connectivity index (χ4v) is 1.80. The van der Waals surface area contributed by atoms with E-state index in [4.69, 9.17) is 4.89 Å². The van der Waals surface area contributed by atoms with Crippen LogP contribution in [0.1, 0.15) is 0 Å². The fourth-order valence-electron chi connectivity index (χ4n) is 0.772. The molecule has 1 fully saturated rings. The van der Waals surface area contributed by atoms with Gasteiger partial charge in [0.25, 0.3) is 0 Å². The average molecular weight is 216 g/mol. The molecule has 4 nitrogen and oxygen atoms in total. The maximum absolute atomic E-state index is 12.0. The molecule has 74 valence electrons. The van der Waals surface area contributed by atoms with Gasteiger partial charge in [-0.05, 0) is 0 Å². The Kier molecular flexibility index (Phi) is 2.43. The summed E-state index contributed by atoms with van der Waals surface area (Å²) in [6, 6.07) is 0. The Morgan fingerprint density at radius 3 is 2.31 bits per heavy atom. The van der Waals surface area contributed by atoms with Gasteiger partial charge in [0, 0.05) is 0 Å². The molecule has 1 rings (SSSR count). The molecule has 3 unspecified atom stereocenters. The lowest BCUT2D eigenvalue weighted by atomic mass is 10.2. The molecule has 0 aromatic heterocycles. The number of alkyl halides is 3. The quantitative estimate of drug-likeness (QED) is 0.486. The molecule has 1 heterocycles. The van der Waals surface area contributed by atoms with Crippen molar-refractivity contribution < 1.29 is 31.7 Å². The number of hydrogen-bond donors (Lipinski definition) is 1. The van der Waals surface area contributed by atoms with E-state index in [1.54, 1.807) is 5.92 Å². The Balaban J connectivity index is 2.89. The van der Waals surface area contributed by atoms with Crippen LogP contribution in [0.3, 0.4) is 0 Å². The van der Waals surface area contributed by atoms with E-state index in [2.05, 4.69) is 15.5 Å². The number of terminal acetylenes is 1. The van der Waals surface area contributed by atoms with Crippen molar-refractivity contribution in [3.05, 3.63) is 0 Å². The Bertz CT molecular complexity index is 293. The Hall–Kier alpha value is -0.540. The second-order valence-corrected chi connectivity index (χ2v) is 3.59. The van der Waals surface area contributed by atoms with Gasteiger partial charge in [0.1, 0.15) is 0 Å². The van der Waals surface area contributed by atoms with Crippen molar-refractivity contribution in [2.75, 3.05) is 0 Å². The van der Waals surface area contributed by atoms with E-state index in [-0.39, 0.29) is 0 Å². The molecule has 0 spiro atoms. The smallest absolute Gasteiger partial charge is 0.302 e. The van der Waals surface area contributed by atoms with Crippen LogP contribution in [0.4, 0.5) is 13.2 Å². The summed E-state index contributed by atoms with van der Waals surface area (Å²) in [4.78, 5) is 8.55. The molecule has 0 aromatic rings. The monoisotopic (exact) mass is 216 g/mol. The van der Waals surface area contributed by atoms with Crippen molar-refractivity contribution in [3.63, 3.8) is 0 Å². The average Bonchev–Trinajstić information content (AvgIpc) is 2.24. The summed E-state index contributed by atoms with van der Waals surface area (Å²) in [6.45, 7) is 0. The van der Waals surface area contributed by atoms with Gasteiger partial charge in [0.15, 0.2) is 6.10 Å². The zero-order valence-corrected chi connectivity index (χ0v) is 6.88. The van der Waals surface area contributed by atoms with Crippen molar-refractivity contribution >= 4 is 7.82 Å². The van der Waals surface area contributed by atoms with Crippen LogP contribution in [0.2, 0.25) is 0 Å². The van der Waals surface area contributed by atoms with E-state index in [1.165, 1.54) is 0 Å². The van der Waals surface area contributed by atoms with E-state index < -0.39 is 26.2 Å². The Labute approximate surface area is 71.3 Å². The molecule has 13 heavy (non-hydrogen) atoms. The van der Waals surface area contributed by atoms with Crippen LogP contribution in [0.15, 0.2) is 0 Å². The van der Waals surface area contributed by atoms with E-state index in [0.717, 1.165) is 0 Å². The fraction of sp³-hybridized carbons (Fsp3) is 0.600. The molecular weight excluding hydrogens is 212 g/mol. The highest BCUT2D eigenvalue weighted by Crippen LogP contribution is 2.55. The highest BCUT2D eigenvalue weighted by molar-refractivity contribution is 7.47. The second-order valence-electron chi connectivity index (χ2n) is 2.23. The van der Waals surface area contributed by atoms with Gasteiger partial charge >= 0.3 is 14.0 Å². The SMILES string of the molecule is C#CC1OP(=O)(O)OC1C(F)(F)F. The van der Waals surface area contributed by atoms with Gasteiger partial charge in [0.05, 0.1) is 0 Å². The summed E-state index contributed by atoms with van der Waals surface area (Å²) in [7, 11) is -4.63. The topological polar surface area (TPSA) is 55.8 Å². The standard InChI is InChI=1S/C5H4F3O4P/c1-2-3-4(5(6,7)8)12-13(9,10)11-3/h1,3-4H,(H,9,10). The molecule has 1 aliphatic heterocycles. The van der Waals surface area contributed by atoms with Gasteiger partial charge in [-0.25, -0.2) is 4.57 Å². The van der Waals surface area contributed by atoms with Crippen LogP contribution in [0.25, 0.3) is 0 Å². The van der Waals surface area contributed by atoms with E-state index in [9.17, 15) is 17.7 Å². The minimum Gasteiger partial charge on any atom is -0.302 e. The Morgan fingerprint density at radius 2 is 2.00 bits per heavy atom. The maximum atomic E-state index is 12.0. The highest BCUT2D eigenvalue weighted by Gasteiger charge is 2.56. The molecule has 0 amide bonds. The molecule has 0 bridgehead atoms. The zero-order chi connectivity index (χ0) is 10.3. The van der Waals surface area contributed by atoms with Crippen molar-refractivity contribution in [1.82, 2.24) is 0 Å². The van der Waals surface area contributed by atoms with Crippen molar-refractivity contribution in [3.8, 4) is 12.3 Å². The van der Waals surface area contributed by atoms with Crippen LogP contribution in [-0.4, -0.2) is 23.3 Å². The number of rotatable bonds is 0. The summed E-state index contributed by atoms with van der Waals surface area (Å²) in [5.74, 6) is 1.58. The third-order valence-electron chi connectivity index (χ3n) is 1.26. The summed E-state index contributed by atoms with van der Waals surface area (Å²) in [5.41, 5.74) is 0. The lowest BCUT2D eigenvalue weighted by Crippen LogP contribution is -2.36. The van der Waals surface area contributed by atoms with Crippen molar-refractivity contribution in [1.29, 1.82) is 0 Å². The minimum atomic E-state index is -4.81. The summed E-state index contributed by atoms with van der Waals surface area (Å²) in [5, 5.41) is 0. The Morgan fingerprint density at radius 1 is 1.46 bits per heavy atom. The van der Waals surface area contributed by atoms with Gasteiger partial charge in [-0.3, -0.25) is 9.05 Å². The predicted molar refractivity (Wildman–Crippen MR) is 34.5 cm³/mol. The molecule has 8 heteroatoms. The lowest BCUT2D eigenvalue weighted by molar-refractivity contribution is -0.196. The molecule has 1 N–H and O–H groups in total. The molecule has 0 radical (unpaired) electrons. The molecule has 1 saturated heterocycles. The van der Waals surface area contributed by atoms with E-state index in [1.807, 2.05) is 0 Å². The van der Waals surface area contributed by atoms with E-state index >= 15 is 0 Å². The molecule has 0 saturated carbocycles. The van der Waals surface area contributed by atoms with Gasteiger partial charge in [0.2, 0.25) is 6.10 Å². The first kappa shape index (κ1) is 10.5. The van der Waals surface area contributed by atoms with Gasteiger partial charge in [-0.2, -0.15) is 13.2 Å². The van der Waals surface area contributed by atoms with Crippen LogP contribution >= 0.6 is 7.82 Å². The largest absolute Gasteiger partial charge is 0.474 e. The minimum absolute atomic E-state index is 1.58.